The van der Waals surface area contributed by atoms with Crippen LogP contribution >= 0.6 is 0 Å². The minimum absolute atomic E-state index is 0.924. The molecule has 4 nitrogen and oxygen atoms in total. The van der Waals surface area contributed by atoms with Gasteiger partial charge in [0, 0.05) is 32.4 Å². The van der Waals surface area contributed by atoms with E-state index in [4.69, 9.17) is 0 Å². The third-order valence-electron chi connectivity index (χ3n) is 3.28. The molecule has 1 aromatic heterocycles. The fourth-order valence-electron chi connectivity index (χ4n) is 2.19. The first-order valence-electron chi connectivity index (χ1n) is 7.72. The molecule has 0 unspecified atom stereocenters. The normalized spacial score (nSPS) is 11.1. The zero-order chi connectivity index (χ0) is 14.8. The van der Waals surface area contributed by atoms with E-state index >= 15 is 0 Å². The second-order valence-corrected chi connectivity index (χ2v) is 5.47. The van der Waals surface area contributed by atoms with Gasteiger partial charge in [-0.1, -0.05) is 13.8 Å². The molecule has 0 amide bonds. The van der Waals surface area contributed by atoms with Crippen molar-refractivity contribution in [2.75, 3.05) is 45.2 Å². The van der Waals surface area contributed by atoms with Gasteiger partial charge in [-0.25, -0.2) is 0 Å². The minimum atomic E-state index is 0.924. The highest BCUT2D eigenvalue weighted by molar-refractivity contribution is 5.51. The molecule has 1 heterocycles. The van der Waals surface area contributed by atoms with Crippen molar-refractivity contribution in [3.8, 4) is 0 Å². The molecule has 0 aliphatic carbocycles. The molecule has 0 aliphatic rings. The largest absolute Gasteiger partial charge is 0.369 e. The molecule has 1 N–H and O–H groups in total. The van der Waals surface area contributed by atoms with E-state index in [2.05, 4.69) is 54.1 Å². The van der Waals surface area contributed by atoms with Gasteiger partial charge in [-0.15, -0.1) is 0 Å². The van der Waals surface area contributed by atoms with E-state index in [0.29, 0.717) is 0 Å². The number of nitrogens with one attached hydrogen (secondary N) is 1. The smallest absolute Gasteiger partial charge is 0.0598 e. The van der Waals surface area contributed by atoms with Gasteiger partial charge < -0.3 is 15.1 Å². The zero-order valence-corrected chi connectivity index (χ0v) is 13.5. The van der Waals surface area contributed by atoms with E-state index in [9.17, 15) is 0 Å². The Bertz CT molecular complexity index is 365. The Balaban J connectivity index is 2.77. The Hall–Kier alpha value is -1.13. The second-order valence-electron chi connectivity index (χ2n) is 5.47. The van der Waals surface area contributed by atoms with Crippen LogP contribution in [-0.4, -0.2) is 50.2 Å². The predicted molar refractivity (Wildman–Crippen MR) is 87.3 cm³/mol. The summed E-state index contributed by atoms with van der Waals surface area (Å²) >= 11 is 0. The van der Waals surface area contributed by atoms with E-state index < -0.39 is 0 Å². The summed E-state index contributed by atoms with van der Waals surface area (Å²) in [6.07, 6.45) is 6.22. The third kappa shape index (κ3) is 5.88. The quantitative estimate of drug-likeness (QED) is 0.666. The van der Waals surface area contributed by atoms with Crippen LogP contribution in [0.5, 0.6) is 0 Å². The number of rotatable bonds is 10. The molecule has 1 aromatic rings. The molecule has 0 atom stereocenters. The standard InChI is InChI=1S/C16H30N4/c1-5-8-17-13-15-7-9-18-14-16(15)20(10-6-2)12-11-19(3)4/h7,9,14,17H,5-6,8,10-13H2,1-4H3. The summed E-state index contributed by atoms with van der Waals surface area (Å²) in [5.74, 6) is 0. The summed E-state index contributed by atoms with van der Waals surface area (Å²) < 4.78 is 0. The number of hydrogen-bond acceptors (Lipinski definition) is 4. The molecule has 0 saturated carbocycles. The maximum atomic E-state index is 4.32. The van der Waals surface area contributed by atoms with Crippen LogP contribution in [0, 0.1) is 0 Å². The lowest BCUT2D eigenvalue weighted by atomic mass is 10.2. The summed E-state index contributed by atoms with van der Waals surface area (Å²) in [6.45, 7) is 9.61. The summed E-state index contributed by atoms with van der Waals surface area (Å²) in [5, 5.41) is 3.49. The molecule has 20 heavy (non-hydrogen) atoms. The van der Waals surface area contributed by atoms with Crippen LogP contribution in [0.15, 0.2) is 18.5 Å². The van der Waals surface area contributed by atoms with Gasteiger partial charge in [-0.05, 0) is 45.1 Å². The Kier molecular flexibility index (Phi) is 8.23. The lowest BCUT2D eigenvalue weighted by Crippen LogP contribution is -2.33. The van der Waals surface area contributed by atoms with Crippen molar-refractivity contribution in [1.29, 1.82) is 0 Å². The van der Waals surface area contributed by atoms with Crippen LogP contribution in [0.25, 0.3) is 0 Å². The number of anilines is 1. The van der Waals surface area contributed by atoms with Gasteiger partial charge in [0.15, 0.2) is 0 Å². The van der Waals surface area contributed by atoms with Gasteiger partial charge in [0.25, 0.3) is 0 Å². The maximum Gasteiger partial charge on any atom is 0.0598 e. The Labute approximate surface area is 124 Å². The molecule has 0 fully saturated rings. The number of aromatic nitrogens is 1. The highest BCUT2D eigenvalue weighted by Gasteiger charge is 2.10. The lowest BCUT2D eigenvalue weighted by Gasteiger charge is -2.27. The first kappa shape index (κ1) is 16.9. The van der Waals surface area contributed by atoms with Crippen LogP contribution in [0.4, 0.5) is 5.69 Å². The highest BCUT2D eigenvalue weighted by Crippen LogP contribution is 2.19. The van der Waals surface area contributed by atoms with E-state index in [1.165, 1.54) is 17.7 Å². The summed E-state index contributed by atoms with van der Waals surface area (Å²) in [6, 6.07) is 2.14. The van der Waals surface area contributed by atoms with Gasteiger partial charge in [-0.2, -0.15) is 0 Å². The van der Waals surface area contributed by atoms with Gasteiger partial charge in [0.1, 0.15) is 0 Å². The van der Waals surface area contributed by atoms with Crippen molar-refractivity contribution in [3.05, 3.63) is 24.0 Å². The first-order chi connectivity index (χ1) is 9.69. The Morgan fingerprint density at radius 2 is 1.90 bits per heavy atom. The molecule has 114 valence electrons. The molecule has 1 rings (SSSR count). The van der Waals surface area contributed by atoms with Crippen molar-refractivity contribution in [2.45, 2.75) is 33.2 Å². The summed E-state index contributed by atoms with van der Waals surface area (Å²) in [7, 11) is 4.24. The molecule has 4 heteroatoms. The van der Waals surface area contributed by atoms with E-state index in [1.54, 1.807) is 0 Å². The van der Waals surface area contributed by atoms with Crippen molar-refractivity contribution in [2.24, 2.45) is 0 Å². The van der Waals surface area contributed by atoms with Gasteiger partial charge >= 0.3 is 0 Å². The van der Waals surface area contributed by atoms with Crippen molar-refractivity contribution in [3.63, 3.8) is 0 Å². The van der Waals surface area contributed by atoms with Gasteiger partial charge in [0.2, 0.25) is 0 Å². The molecule has 0 spiro atoms. The van der Waals surface area contributed by atoms with Crippen LogP contribution in [-0.2, 0) is 6.54 Å². The van der Waals surface area contributed by atoms with E-state index in [1.807, 2.05) is 12.4 Å². The monoisotopic (exact) mass is 278 g/mol. The van der Waals surface area contributed by atoms with E-state index in [-0.39, 0.29) is 0 Å². The van der Waals surface area contributed by atoms with Crippen molar-refractivity contribution in [1.82, 2.24) is 15.2 Å². The topological polar surface area (TPSA) is 31.4 Å². The number of pyridine rings is 1. The highest BCUT2D eigenvalue weighted by atomic mass is 15.2. The molecule has 0 aliphatic heterocycles. The fourth-order valence-corrected chi connectivity index (χ4v) is 2.19. The fraction of sp³-hybridized carbons (Fsp3) is 0.688. The van der Waals surface area contributed by atoms with E-state index in [0.717, 1.165) is 39.1 Å². The first-order valence-corrected chi connectivity index (χ1v) is 7.72. The van der Waals surface area contributed by atoms with Crippen molar-refractivity contribution < 1.29 is 0 Å². The number of hydrogen-bond donors (Lipinski definition) is 1. The average Bonchev–Trinajstić information content (AvgIpc) is 2.44. The van der Waals surface area contributed by atoms with Crippen LogP contribution in [0.2, 0.25) is 0 Å². The van der Waals surface area contributed by atoms with Crippen LogP contribution in [0.3, 0.4) is 0 Å². The Morgan fingerprint density at radius 1 is 1.10 bits per heavy atom. The lowest BCUT2D eigenvalue weighted by molar-refractivity contribution is 0.412. The van der Waals surface area contributed by atoms with Crippen molar-refractivity contribution >= 4 is 5.69 Å². The molecular weight excluding hydrogens is 248 g/mol. The zero-order valence-electron chi connectivity index (χ0n) is 13.5. The Morgan fingerprint density at radius 3 is 2.55 bits per heavy atom. The minimum Gasteiger partial charge on any atom is -0.369 e. The third-order valence-corrected chi connectivity index (χ3v) is 3.28. The molecule has 0 aromatic carbocycles. The number of likely N-dealkylation sites (N-methyl/N-ethyl adjacent to an activating group) is 1. The summed E-state index contributed by atoms with van der Waals surface area (Å²) in [5.41, 5.74) is 2.63. The maximum absolute atomic E-state index is 4.32. The van der Waals surface area contributed by atoms with Crippen LogP contribution in [0.1, 0.15) is 32.3 Å². The predicted octanol–water partition coefficient (Wildman–Crippen LogP) is 2.36. The number of nitrogens with zero attached hydrogens (tertiary/aromatic N) is 3. The second kappa shape index (κ2) is 9.72. The molecular formula is C16H30N4. The molecule has 0 radical (unpaired) electrons. The average molecular weight is 278 g/mol. The molecule has 0 bridgehead atoms. The SMILES string of the molecule is CCCNCc1ccncc1N(CCC)CCN(C)C. The summed E-state index contributed by atoms with van der Waals surface area (Å²) in [4.78, 5) is 9.01. The molecule has 0 saturated heterocycles. The van der Waals surface area contributed by atoms with Gasteiger partial charge in [-0.3, -0.25) is 4.98 Å². The van der Waals surface area contributed by atoms with Crippen LogP contribution < -0.4 is 10.2 Å². The van der Waals surface area contributed by atoms with Gasteiger partial charge in [0.05, 0.1) is 11.9 Å².